The highest BCUT2D eigenvalue weighted by atomic mass is 79.9. The second kappa shape index (κ2) is 9.14. The zero-order chi connectivity index (χ0) is 21.8. The molecule has 7 heteroatoms. The number of methoxy groups -OCH3 is 1. The van der Waals surface area contributed by atoms with Gasteiger partial charge in [-0.15, -0.1) is 10.1 Å². The molecule has 1 aliphatic rings. The van der Waals surface area contributed by atoms with E-state index in [9.17, 15) is 9.59 Å². The van der Waals surface area contributed by atoms with Gasteiger partial charge >= 0.3 is 5.91 Å². The molecule has 3 aromatic carbocycles. The van der Waals surface area contributed by atoms with Crippen LogP contribution in [0.5, 0.6) is 5.75 Å². The number of rotatable bonds is 5. The van der Waals surface area contributed by atoms with Crippen LogP contribution in [0.4, 0.5) is 0 Å². The Kier molecular flexibility index (Phi) is 6.13. The van der Waals surface area contributed by atoms with E-state index >= 15 is 0 Å². The lowest BCUT2D eigenvalue weighted by atomic mass is 9.99. The van der Waals surface area contributed by atoms with Gasteiger partial charge in [-0.2, -0.15) is 0 Å². The van der Waals surface area contributed by atoms with Gasteiger partial charge in [0.25, 0.3) is 5.91 Å². The van der Waals surface area contributed by atoms with Crippen molar-refractivity contribution >= 4 is 34.0 Å². The SMILES string of the molecule is COc1ccc(C2C(NC(=O)c3ccccc3)C(=O)N/[N+]2=C\c2ccc(Br)cc2)cc1. The molecule has 0 bridgehead atoms. The van der Waals surface area contributed by atoms with Gasteiger partial charge in [0.2, 0.25) is 12.3 Å². The quantitative estimate of drug-likeness (QED) is 0.551. The van der Waals surface area contributed by atoms with Gasteiger partial charge in [0.1, 0.15) is 5.75 Å². The Balaban J connectivity index is 1.70. The minimum absolute atomic E-state index is 0.279. The molecule has 2 atom stereocenters. The zero-order valence-corrected chi connectivity index (χ0v) is 18.4. The number of halogens is 1. The number of hydrogen-bond acceptors (Lipinski definition) is 3. The van der Waals surface area contributed by atoms with Crippen molar-refractivity contribution in [2.45, 2.75) is 12.1 Å². The molecule has 1 fully saturated rings. The molecule has 3 aromatic rings. The summed E-state index contributed by atoms with van der Waals surface area (Å²) in [5.41, 5.74) is 5.16. The van der Waals surface area contributed by atoms with Crippen LogP contribution >= 0.6 is 15.9 Å². The van der Waals surface area contributed by atoms with Crippen molar-refractivity contribution in [3.63, 3.8) is 0 Å². The topological polar surface area (TPSA) is 70.4 Å². The third-order valence-corrected chi connectivity index (χ3v) is 5.60. The summed E-state index contributed by atoms with van der Waals surface area (Å²) in [4.78, 5) is 25.7. The first-order valence-corrected chi connectivity index (χ1v) is 10.5. The van der Waals surface area contributed by atoms with Crippen LogP contribution < -0.4 is 15.5 Å². The minimum Gasteiger partial charge on any atom is -0.497 e. The maximum absolute atomic E-state index is 12.9. The van der Waals surface area contributed by atoms with Crippen LogP contribution in [0.1, 0.15) is 27.5 Å². The van der Waals surface area contributed by atoms with E-state index in [1.165, 1.54) is 0 Å². The molecule has 1 saturated heterocycles. The fourth-order valence-corrected chi connectivity index (χ4v) is 3.77. The summed E-state index contributed by atoms with van der Waals surface area (Å²) >= 11 is 3.43. The van der Waals surface area contributed by atoms with Gasteiger partial charge in [0, 0.05) is 21.2 Å². The van der Waals surface area contributed by atoms with E-state index in [1.54, 1.807) is 36.1 Å². The third-order valence-electron chi connectivity index (χ3n) is 5.08. The van der Waals surface area contributed by atoms with Crippen molar-refractivity contribution < 1.29 is 19.0 Å². The maximum Gasteiger partial charge on any atom is 0.304 e. The lowest BCUT2D eigenvalue weighted by Crippen LogP contribution is -2.42. The predicted octanol–water partition coefficient (Wildman–Crippen LogP) is 3.47. The Labute approximate surface area is 188 Å². The Bertz CT molecular complexity index is 1110. The molecule has 156 valence electrons. The molecule has 0 aliphatic carbocycles. The molecular weight excluding hydrogens is 458 g/mol. The van der Waals surface area contributed by atoms with E-state index in [4.69, 9.17) is 4.74 Å². The smallest absolute Gasteiger partial charge is 0.304 e. The normalized spacial score (nSPS) is 19.2. The van der Waals surface area contributed by atoms with Crippen molar-refractivity contribution in [2.75, 3.05) is 7.11 Å². The number of benzene rings is 3. The monoisotopic (exact) mass is 478 g/mol. The van der Waals surface area contributed by atoms with E-state index in [2.05, 4.69) is 26.7 Å². The molecule has 0 radical (unpaired) electrons. The van der Waals surface area contributed by atoms with Gasteiger partial charge in [-0.05, 0) is 60.7 Å². The van der Waals surface area contributed by atoms with Crippen LogP contribution in [-0.4, -0.2) is 35.9 Å². The van der Waals surface area contributed by atoms with Crippen LogP contribution in [0.2, 0.25) is 0 Å². The van der Waals surface area contributed by atoms with Gasteiger partial charge in [-0.3, -0.25) is 9.59 Å². The highest BCUT2D eigenvalue weighted by molar-refractivity contribution is 9.10. The summed E-state index contributed by atoms with van der Waals surface area (Å²) in [5, 5.41) is 2.90. The minimum atomic E-state index is -0.771. The van der Waals surface area contributed by atoms with Gasteiger partial charge in [-0.1, -0.05) is 34.1 Å². The molecule has 31 heavy (non-hydrogen) atoms. The van der Waals surface area contributed by atoms with E-state index in [0.717, 1.165) is 15.6 Å². The number of nitrogens with zero attached hydrogens (tertiary/aromatic N) is 1. The Morgan fingerprint density at radius 3 is 2.35 bits per heavy atom. The molecule has 2 unspecified atom stereocenters. The summed E-state index contributed by atoms with van der Waals surface area (Å²) in [6.07, 6.45) is 1.86. The first kappa shape index (κ1) is 20.8. The molecule has 2 N–H and O–H groups in total. The number of hydrazine groups is 1. The molecule has 0 spiro atoms. The molecule has 0 saturated carbocycles. The van der Waals surface area contributed by atoms with E-state index < -0.39 is 12.1 Å². The van der Waals surface area contributed by atoms with Crippen molar-refractivity contribution in [1.29, 1.82) is 0 Å². The standard InChI is InChI=1S/C24H20BrN3O3/c1-31-20-13-9-17(10-14-20)22-21(26-23(29)18-5-3-2-4-6-18)24(30)27-28(22)15-16-7-11-19(25)12-8-16/h2-15,21-22H,1H3,(H-,26,27,29,30)/p+1/b28-15-. The van der Waals surface area contributed by atoms with Crippen molar-refractivity contribution in [3.8, 4) is 5.75 Å². The van der Waals surface area contributed by atoms with Crippen LogP contribution in [0.3, 0.4) is 0 Å². The number of nitrogens with one attached hydrogen (secondary N) is 2. The van der Waals surface area contributed by atoms with Crippen molar-refractivity contribution in [1.82, 2.24) is 10.7 Å². The maximum atomic E-state index is 12.9. The Hall–Kier alpha value is -3.45. The highest BCUT2D eigenvalue weighted by Gasteiger charge is 2.47. The first-order chi connectivity index (χ1) is 15.0. The molecule has 2 amide bonds. The molecule has 1 aliphatic heterocycles. The number of ether oxygens (including phenoxy) is 1. The number of hydrogen-bond donors (Lipinski definition) is 2. The highest BCUT2D eigenvalue weighted by Crippen LogP contribution is 2.27. The predicted molar refractivity (Wildman–Crippen MR) is 121 cm³/mol. The van der Waals surface area contributed by atoms with Gasteiger partial charge in [0.15, 0.2) is 6.04 Å². The second-order valence-corrected chi connectivity index (χ2v) is 8.01. The fraction of sp³-hybridized carbons (Fsp3) is 0.125. The lowest BCUT2D eigenvalue weighted by molar-refractivity contribution is -0.596. The summed E-state index contributed by atoms with van der Waals surface area (Å²) in [7, 11) is 1.60. The average molecular weight is 479 g/mol. The Morgan fingerprint density at radius 1 is 1.03 bits per heavy atom. The van der Waals surface area contributed by atoms with E-state index in [0.29, 0.717) is 11.3 Å². The van der Waals surface area contributed by atoms with Crippen LogP contribution in [0.25, 0.3) is 0 Å². The molecule has 6 nitrogen and oxygen atoms in total. The average Bonchev–Trinajstić information content (AvgIpc) is 3.10. The van der Waals surface area contributed by atoms with Crippen molar-refractivity contribution in [2.24, 2.45) is 0 Å². The van der Waals surface area contributed by atoms with Crippen LogP contribution in [0, 0.1) is 0 Å². The Morgan fingerprint density at radius 2 is 1.71 bits per heavy atom. The number of amides is 2. The number of hydrazone groups is 1. The van der Waals surface area contributed by atoms with Crippen molar-refractivity contribution in [3.05, 3.63) is 100 Å². The number of carbonyl (C=O) groups is 2. The summed E-state index contributed by atoms with van der Waals surface area (Å²) in [5.74, 6) is 0.137. The van der Waals surface area contributed by atoms with E-state index in [1.807, 2.05) is 60.8 Å². The number of carbonyl (C=O) groups excluding carboxylic acids is 2. The van der Waals surface area contributed by atoms with Crippen LogP contribution in [0.15, 0.2) is 83.3 Å². The van der Waals surface area contributed by atoms with E-state index in [-0.39, 0.29) is 11.8 Å². The first-order valence-electron chi connectivity index (χ1n) is 9.74. The molecular formula is C24H21BrN3O3+. The van der Waals surface area contributed by atoms with Crippen LogP contribution in [-0.2, 0) is 4.79 Å². The summed E-state index contributed by atoms with van der Waals surface area (Å²) in [6, 6.07) is 22.9. The fourth-order valence-electron chi connectivity index (χ4n) is 3.51. The molecule has 4 rings (SSSR count). The second-order valence-electron chi connectivity index (χ2n) is 7.10. The van der Waals surface area contributed by atoms with Gasteiger partial charge in [-0.25, -0.2) is 0 Å². The lowest BCUT2D eigenvalue weighted by Gasteiger charge is -2.15. The third kappa shape index (κ3) is 4.67. The summed E-state index contributed by atoms with van der Waals surface area (Å²) < 4.78 is 7.96. The molecule has 1 heterocycles. The summed E-state index contributed by atoms with van der Waals surface area (Å²) in [6.45, 7) is 0. The zero-order valence-electron chi connectivity index (χ0n) is 16.8. The van der Waals surface area contributed by atoms with Gasteiger partial charge < -0.3 is 10.1 Å². The largest absolute Gasteiger partial charge is 0.497 e. The molecule has 0 aromatic heterocycles. The van der Waals surface area contributed by atoms with Gasteiger partial charge in [0.05, 0.1) is 7.11 Å².